The molecular weight excluding hydrogens is 270 g/mol. The summed E-state index contributed by atoms with van der Waals surface area (Å²) < 4.78 is 26.2. The first-order chi connectivity index (χ1) is 9.43. The highest BCUT2D eigenvalue weighted by molar-refractivity contribution is 5.89. The van der Waals surface area contributed by atoms with E-state index in [0.29, 0.717) is 12.8 Å². The van der Waals surface area contributed by atoms with Crippen LogP contribution < -0.4 is 10.6 Å². The van der Waals surface area contributed by atoms with Crippen molar-refractivity contribution in [3.05, 3.63) is 29.8 Å². The lowest BCUT2D eigenvalue weighted by Gasteiger charge is -2.13. The number of carbonyl (C=O) groups is 2. The van der Waals surface area contributed by atoms with Crippen molar-refractivity contribution in [3.8, 4) is 0 Å². The van der Waals surface area contributed by atoms with Gasteiger partial charge >= 0.3 is 12.0 Å². The zero-order valence-electron chi connectivity index (χ0n) is 11.0. The number of rotatable bonds is 6. The second-order valence-electron chi connectivity index (χ2n) is 4.28. The summed E-state index contributed by atoms with van der Waals surface area (Å²) in [5.41, 5.74) is -0.301. The number of benzene rings is 1. The lowest BCUT2D eigenvalue weighted by molar-refractivity contribution is -0.141. The zero-order chi connectivity index (χ0) is 15.1. The van der Waals surface area contributed by atoms with Gasteiger partial charge in [-0.15, -0.1) is 0 Å². The van der Waals surface area contributed by atoms with Gasteiger partial charge in [0.25, 0.3) is 0 Å². The highest BCUT2D eigenvalue weighted by Crippen LogP contribution is 2.15. The van der Waals surface area contributed by atoms with Gasteiger partial charge in [-0.1, -0.05) is 13.3 Å². The van der Waals surface area contributed by atoms with E-state index in [1.807, 2.05) is 6.92 Å². The molecule has 0 saturated carbocycles. The summed E-state index contributed by atoms with van der Waals surface area (Å²) >= 11 is 0. The molecule has 0 aliphatic rings. The summed E-state index contributed by atoms with van der Waals surface area (Å²) in [6.07, 6.45) is 1.09. The molecule has 20 heavy (non-hydrogen) atoms. The lowest BCUT2D eigenvalue weighted by atomic mass is 10.0. The van der Waals surface area contributed by atoms with Gasteiger partial charge in [-0.25, -0.2) is 13.6 Å². The molecule has 0 heterocycles. The molecule has 1 aromatic rings. The Bertz CT molecular complexity index is 495. The topological polar surface area (TPSA) is 78.4 Å². The van der Waals surface area contributed by atoms with Crippen LogP contribution in [0.15, 0.2) is 18.2 Å². The summed E-state index contributed by atoms with van der Waals surface area (Å²) in [4.78, 5) is 22.4. The minimum Gasteiger partial charge on any atom is -0.481 e. The van der Waals surface area contributed by atoms with E-state index in [9.17, 15) is 18.4 Å². The molecule has 1 atom stereocenters. The highest BCUT2D eigenvalue weighted by atomic mass is 19.1. The zero-order valence-corrected chi connectivity index (χ0v) is 11.0. The van der Waals surface area contributed by atoms with Crippen molar-refractivity contribution in [2.75, 3.05) is 11.9 Å². The molecule has 0 aliphatic heterocycles. The predicted octanol–water partition coefficient (Wildman–Crippen LogP) is 2.59. The van der Waals surface area contributed by atoms with Crippen LogP contribution in [0, 0.1) is 17.6 Å². The van der Waals surface area contributed by atoms with Gasteiger partial charge in [0.2, 0.25) is 0 Å². The van der Waals surface area contributed by atoms with E-state index in [1.165, 1.54) is 0 Å². The van der Waals surface area contributed by atoms with Gasteiger partial charge in [-0.2, -0.15) is 0 Å². The molecule has 0 bridgehead atoms. The first kappa shape index (κ1) is 15.9. The van der Waals surface area contributed by atoms with E-state index < -0.39 is 29.6 Å². The molecule has 0 radical (unpaired) electrons. The van der Waals surface area contributed by atoms with Crippen LogP contribution in [0.5, 0.6) is 0 Å². The maximum Gasteiger partial charge on any atom is 0.319 e. The Morgan fingerprint density at radius 1 is 1.35 bits per heavy atom. The fourth-order valence-corrected chi connectivity index (χ4v) is 1.64. The minimum atomic E-state index is -1.01. The van der Waals surface area contributed by atoms with Crippen molar-refractivity contribution in [1.82, 2.24) is 5.32 Å². The van der Waals surface area contributed by atoms with Crippen molar-refractivity contribution in [2.45, 2.75) is 19.8 Å². The van der Waals surface area contributed by atoms with Gasteiger partial charge in [0.1, 0.15) is 11.6 Å². The molecule has 2 amide bonds. The van der Waals surface area contributed by atoms with E-state index in [-0.39, 0.29) is 12.2 Å². The molecule has 110 valence electrons. The fraction of sp³-hybridized carbons (Fsp3) is 0.385. The van der Waals surface area contributed by atoms with E-state index >= 15 is 0 Å². The smallest absolute Gasteiger partial charge is 0.319 e. The Morgan fingerprint density at radius 2 is 2.05 bits per heavy atom. The monoisotopic (exact) mass is 286 g/mol. The molecule has 1 unspecified atom stereocenters. The van der Waals surface area contributed by atoms with Crippen LogP contribution in [-0.2, 0) is 4.79 Å². The Kier molecular flexibility index (Phi) is 5.89. The number of amides is 2. The van der Waals surface area contributed by atoms with Crippen LogP contribution in [-0.4, -0.2) is 23.7 Å². The number of carbonyl (C=O) groups excluding carboxylic acids is 1. The molecule has 1 rings (SSSR count). The predicted molar refractivity (Wildman–Crippen MR) is 69.4 cm³/mol. The number of aliphatic carboxylic acids is 1. The summed E-state index contributed by atoms with van der Waals surface area (Å²) in [6.45, 7) is 1.75. The van der Waals surface area contributed by atoms with Crippen LogP contribution in [0.2, 0.25) is 0 Å². The van der Waals surface area contributed by atoms with E-state index in [2.05, 4.69) is 10.6 Å². The van der Waals surface area contributed by atoms with Crippen molar-refractivity contribution in [2.24, 2.45) is 5.92 Å². The third-order valence-corrected chi connectivity index (χ3v) is 2.67. The van der Waals surface area contributed by atoms with Gasteiger partial charge in [-0.05, 0) is 18.6 Å². The third-order valence-electron chi connectivity index (χ3n) is 2.67. The van der Waals surface area contributed by atoms with Crippen LogP contribution >= 0.6 is 0 Å². The second kappa shape index (κ2) is 7.42. The van der Waals surface area contributed by atoms with E-state index in [4.69, 9.17) is 5.11 Å². The van der Waals surface area contributed by atoms with Gasteiger partial charge in [0.15, 0.2) is 0 Å². The summed E-state index contributed by atoms with van der Waals surface area (Å²) in [6, 6.07) is 1.88. The molecule has 0 aliphatic carbocycles. The summed E-state index contributed by atoms with van der Waals surface area (Å²) in [5, 5.41) is 13.4. The van der Waals surface area contributed by atoms with Crippen molar-refractivity contribution in [3.63, 3.8) is 0 Å². The van der Waals surface area contributed by atoms with Crippen molar-refractivity contribution in [1.29, 1.82) is 0 Å². The largest absolute Gasteiger partial charge is 0.481 e. The molecule has 5 nitrogen and oxygen atoms in total. The van der Waals surface area contributed by atoms with Gasteiger partial charge in [-0.3, -0.25) is 4.79 Å². The van der Waals surface area contributed by atoms with Crippen LogP contribution in [0.1, 0.15) is 19.8 Å². The number of carboxylic acid groups (broad SMARTS) is 1. The quantitative estimate of drug-likeness (QED) is 0.752. The molecule has 3 N–H and O–H groups in total. The van der Waals surface area contributed by atoms with Crippen molar-refractivity contribution < 1.29 is 23.5 Å². The number of hydrogen-bond donors (Lipinski definition) is 3. The number of urea groups is 1. The van der Waals surface area contributed by atoms with Crippen LogP contribution in [0.25, 0.3) is 0 Å². The average Bonchev–Trinajstić information content (AvgIpc) is 2.38. The second-order valence-corrected chi connectivity index (χ2v) is 4.28. The van der Waals surface area contributed by atoms with Crippen molar-refractivity contribution >= 4 is 17.7 Å². The SMILES string of the molecule is CCCC(CNC(=O)Nc1cc(F)ccc1F)C(=O)O. The van der Waals surface area contributed by atoms with E-state index in [0.717, 1.165) is 18.2 Å². The number of nitrogens with one attached hydrogen (secondary N) is 2. The number of carboxylic acids is 1. The lowest BCUT2D eigenvalue weighted by Crippen LogP contribution is -2.35. The number of anilines is 1. The summed E-state index contributed by atoms with van der Waals surface area (Å²) in [7, 11) is 0. The van der Waals surface area contributed by atoms with E-state index in [1.54, 1.807) is 0 Å². The number of halogens is 2. The maximum absolute atomic E-state index is 13.3. The third kappa shape index (κ3) is 4.83. The van der Waals surface area contributed by atoms with Gasteiger partial charge in [0, 0.05) is 12.6 Å². The first-order valence-electron chi connectivity index (χ1n) is 6.16. The van der Waals surface area contributed by atoms with Crippen LogP contribution in [0.3, 0.4) is 0 Å². The van der Waals surface area contributed by atoms with Gasteiger partial charge in [0.05, 0.1) is 11.6 Å². The minimum absolute atomic E-state index is 0.0774. The standard InChI is InChI=1S/C13H16F2N2O3/c1-2-3-8(12(18)19)7-16-13(20)17-11-6-9(14)4-5-10(11)15/h4-6,8H,2-3,7H2,1H3,(H,18,19)(H2,16,17,20). The molecule has 7 heteroatoms. The molecule has 0 spiro atoms. The highest BCUT2D eigenvalue weighted by Gasteiger charge is 2.17. The number of hydrogen-bond acceptors (Lipinski definition) is 2. The molecule has 0 saturated heterocycles. The Morgan fingerprint density at radius 3 is 2.65 bits per heavy atom. The average molecular weight is 286 g/mol. The first-order valence-corrected chi connectivity index (χ1v) is 6.16. The fourth-order valence-electron chi connectivity index (χ4n) is 1.64. The normalized spacial score (nSPS) is 11.8. The molecule has 0 fully saturated rings. The van der Waals surface area contributed by atoms with Gasteiger partial charge < -0.3 is 15.7 Å². The summed E-state index contributed by atoms with van der Waals surface area (Å²) in [5.74, 6) is -3.17. The Hall–Kier alpha value is -2.18. The maximum atomic E-state index is 13.3. The molecule has 0 aromatic heterocycles. The Labute approximate surface area is 115 Å². The van der Waals surface area contributed by atoms with Crippen LogP contribution in [0.4, 0.5) is 19.3 Å². The molecule has 1 aromatic carbocycles. The Balaban J connectivity index is 2.55. The molecular formula is C13H16F2N2O3.